The van der Waals surface area contributed by atoms with Crippen molar-refractivity contribution < 1.29 is 4.74 Å². The number of pyridine rings is 1. The number of benzene rings is 1. The van der Waals surface area contributed by atoms with Gasteiger partial charge in [-0.3, -0.25) is 4.79 Å². The second-order valence-electron chi connectivity index (χ2n) is 4.96. The minimum absolute atomic E-state index is 0.0596. The molecule has 0 radical (unpaired) electrons. The molecular weight excluding hydrogens is 304 g/mol. The molecule has 6 heteroatoms. The number of hydrogen-bond acceptors (Lipinski definition) is 5. The number of hydrogen-bond donors (Lipinski definition) is 2. The number of nitrogens with two attached hydrogens (primary N) is 1. The Balaban J connectivity index is 2.80. The Labute approximate surface area is 139 Å². The van der Waals surface area contributed by atoms with Gasteiger partial charge >= 0.3 is 0 Å². The SMILES string of the molecule is C=CCc1cc(-c2c(C#N)c(N)[nH]c(=O)c2C#N)ccc1OCC. The summed E-state index contributed by atoms with van der Waals surface area (Å²) in [5.41, 5.74) is 6.67. The molecule has 0 fully saturated rings. The van der Waals surface area contributed by atoms with E-state index in [9.17, 15) is 15.3 Å². The molecule has 0 unspecified atom stereocenters. The fraction of sp³-hybridized carbons (Fsp3) is 0.167. The number of aromatic nitrogens is 1. The van der Waals surface area contributed by atoms with Crippen LogP contribution in [0.15, 0.2) is 35.6 Å². The van der Waals surface area contributed by atoms with Crippen molar-refractivity contribution in [2.24, 2.45) is 0 Å². The highest BCUT2D eigenvalue weighted by molar-refractivity contribution is 5.80. The van der Waals surface area contributed by atoms with Gasteiger partial charge in [-0.1, -0.05) is 12.1 Å². The Morgan fingerprint density at radius 2 is 2.04 bits per heavy atom. The molecule has 2 aromatic rings. The average Bonchev–Trinajstić information content (AvgIpc) is 2.56. The molecule has 0 amide bonds. The van der Waals surface area contributed by atoms with Crippen molar-refractivity contribution in [1.82, 2.24) is 4.98 Å². The molecule has 3 N–H and O–H groups in total. The van der Waals surface area contributed by atoms with Gasteiger partial charge in [0.1, 0.15) is 34.8 Å². The van der Waals surface area contributed by atoms with Crippen molar-refractivity contribution in [2.75, 3.05) is 12.3 Å². The van der Waals surface area contributed by atoms with Crippen LogP contribution in [0.3, 0.4) is 0 Å². The molecule has 0 spiro atoms. The van der Waals surface area contributed by atoms with Gasteiger partial charge in [-0.05, 0) is 36.6 Å². The summed E-state index contributed by atoms with van der Waals surface area (Å²) in [6.45, 7) is 6.11. The molecular formula is C18H16N4O2. The maximum absolute atomic E-state index is 12.0. The summed E-state index contributed by atoms with van der Waals surface area (Å²) in [5.74, 6) is 0.631. The second-order valence-corrected chi connectivity index (χ2v) is 4.96. The van der Waals surface area contributed by atoms with Crippen LogP contribution in [0.1, 0.15) is 23.6 Å². The van der Waals surface area contributed by atoms with E-state index in [1.807, 2.05) is 19.1 Å². The first-order valence-corrected chi connectivity index (χ1v) is 7.30. The lowest BCUT2D eigenvalue weighted by Crippen LogP contribution is -2.16. The van der Waals surface area contributed by atoms with E-state index < -0.39 is 5.56 Å². The number of nitriles is 2. The number of anilines is 1. The molecule has 0 aliphatic rings. The fourth-order valence-electron chi connectivity index (χ4n) is 2.48. The second kappa shape index (κ2) is 7.17. The van der Waals surface area contributed by atoms with E-state index in [0.29, 0.717) is 24.3 Å². The van der Waals surface area contributed by atoms with E-state index in [4.69, 9.17) is 10.5 Å². The highest BCUT2D eigenvalue weighted by atomic mass is 16.5. The number of nitrogen functional groups attached to an aromatic ring is 1. The Morgan fingerprint density at radius 1 is 1.33 bits per heavy atom. The number of ether oxygens (including phenoxy) is 1. The van der Waals surface area contributed by atoms with Crippen LogP contribution in [0, 0.1) is 22.7 Å². The molecule has 0 saturated carbocycles. The van der Waals surface area contributed by atoms with Gasteiger partial charge in [0.25, 0.3) is 5.56 Å². The van der Waals surface area contributed by atoms with Crippen molar-refractivity contribution in [3.63, 3.8) is 0 Å². The first kappa shape index (κ1) is 16.9. The maximum atomic E-state index is 12.0. The molecule has 120 valence electrons. The highest BCUT2D eigenvalue weighted by Gasteiger charge is 2.19. The zero-order chi connectivity index (χ0) is 17.7. The zero-order valence-electron chi connectivity index (χ0n) is 13.2. The van der Waals surface area contributed by atoms with Gasteiger partial charge in [0.05, 0.1) is 6.61 Å². The number of H-pyrrole nitrogens is 1. The minimum Gasteiger partial charge on any atom is -0.494 e. The molecule has 6 nitrogen and oxygen atoms in total. The first-order chi connectivity index (χ1) is 11.6. The molecule has 2 rings (SSSR count). The van der Waals surface area contributed by atoms with Gasteiger partial charge in [0.15, 0.2) is 0 Å². The summed E-state index contributed by atoms with van der Waals surface area (Å²) in [7, 11) is 0. The fourth-order valence-corrected chi connectivity index (χ4v) is 2.48. The molecule has 0 atom stereocenters. The molecule has 0 aliphatic heterocycles. The van der Waals surface area contributed by atoms with Crippen LogP contribution in [-0.2, 0) is 6.42 Å². The van der Waals surface area contributed by atoms with Crippen LogP contribution in [0.2, 0.25) is 0 Å². The lowest BCUT2D eigenvalue weighted by atomic mass is 9.94. The smallest absolute Gasteiger partial charge is 0.268 e. The number of rotatable bonds is 5. The van der Waals surface area contributed by atoms with Crippen molar-refractivity contribution >= 4 is 5.82 Å². The largest absolute Gasteiger partial charge is 0.494 e. The van der Waals surface area contributed by atoms with Crippen molar-refractivity contribution in [2.45, 2.75) is 13.3 Å². The summed E-state index contributed by atoms with van der Waals surface area (Å²) < 4.78 is 5.57. The Bertz CT molecular complexity index is 930. The molecule has 0 bridgehead atoms. The quantitative estimate of drug-likeness (QED) is 0.821. The van der Waals surface area contributed by atoms with Gasteiger partial charge < -0.3 is 15.5 Å². The molecule has 1 aromatic carbocycles. The Kier molecular flexibility index (Phi) is 5.03. The lowest BCUT2D eigenvalue weighted by Gasteiger charge is -2.13. The molecule has 24 heavy (non-hydrogen) atoms. The van der Waals surface area contributed by atoms with Crippen molar-refractivity contribution in [3.05, 3.63) is 57.9 Å². The third-order valence-electron chi connectivity index (χ3n) is 3.48. The summed E-state index contributed by atoms with van der Waals surface area (Å²) in [6, 6.07) is 9.04. The lowest BCUT2D eigenvalue weighted by molar-refractivity contribution is 0.337. The van der Waals surface area contributed by atoms with Crippen LogP contribution in [-0.4, -0.2) is 11.6 Å². The van der Waals surface area contributed by atoms with E-state index in [1.165, 1.54) is 0 Å². The van der Waals surface area contributed by atoms with Crippen LogP contribution >= 0.6 is 0 Å². The summed E-state index contributed by atoms with van der Waals surface area (Å²) in [4.78, 5) is 14.3. The average molecular weight is 320 g/mol. The van der Waals surface area contributed by atoms with Crippen molar-refractivity contribution in [1.29, 1.82) is 10.5 Å². The topological polar surface area (TPSA) is 116 Å². The number of aromatic amines is 1. The van der Waals surface area contributed by atoms with Crippen LogP contribution < -0.4 is 16.0 Å². The molecule has 1 aromatic heterocycles. The molecule has 0 saturated heterocycles. The Morgan fingerprint density at radius 3 is 2.62 bits per heavy atom. The van der Waals surface area contributed by atoms with Crippen molar-refractivity contribution in [3.8, 4) is 29.0 Å². The molecule has 1 heterocycles. The predicted octanol–water partition coefficient (Wildman–Crippen LogP) is 2.49. The van der Waals surface area contributed by atoms with Gasteiger partial charge in [0, 0.05) is 5.56 Å². The van der Waals surface area contributed by atoms with E-state index >= 15 is 0 Å². The predicted molar refractivity (Wildman–Crippen MR) is 91.4 cm³/mol. The van der Waals surface area contributed by atoms with E-state index in [0.717, 1.165) is 5.56 Å². The third-order valence-corrected chi connectivity index (χ3v) is 3.48. The minimum atomic E-state index is -0.622. The first-order valence-electron chi connectivity index (χ1n) is 7.30. The molecule has 0 aliphatic carbocycles. The van der Waals surface area contributed by atoms with E-state index in [2.05, 4.69) is 11.6 Å². The van der Waals surface area contributed by atoms with Crippen LogP contribution in [0.4, 0.5) is 5.82 Å². The van der Waals surface area contributed by atoms with Crippen LogP contribution in [0.5, 0.6) is 5.75 Å². The standard InChI is InChI=1S/C18H16N4O2/c1-3-5-11-8-12(6-7-15(11)24-4-2)16-13(9-19)17(21)22-18(23)14(16)10-20/h3,6-8H,1,4-5H2,2H3,(H3,21,22,23). The monoisotopic (exact) mass is 320 g/mol. The van der Waals surface area contributed by atoms with Crippen LogP contribution in [0.25, 0.3) is 11.1 Å². The van der Waals surface area contributed by atoms with E-state index in [1.54, 1.807) is 24.3 Å². The summed E-state index contributed by atoms with van der Waals surface area (Å²) >= 11 is 0. The van der Waals surface area contributed by atoms with E-state index in [-0.39, 0.29) is 22.5 Å². The third kappa shape index (κ3) is 2.99. The zero-order valence-corrected chi connectivity index (χ0v) is 13.2. The van der Waals surface area contributed by atoms with Gasteiger partial charge in [-0.25, -0.2) is 0 Å². The Hall–Kier alpha value is -3.51. The van der Waals surface area contributed by atoms with Gasteiger partial charge in [-0.2, -0.15) is 10.5 Å². The summed E-state index contributed by atoms with van der Waals surface area (Å²) in [5, 5.41) is 18.7. The summed E-state index contributed by atoms with van der Waals surface area (Å²) in [6.07, 6.45) is 2.27. The maximum Gasteiger partial charge on any atom is 0.268 e. The number of nitrogens with one attached hydrogen (secondary N) is 1. The number of nitrogens with zero attached hydrogens (tertiary/aromatic N) is 2. The normalized spacial score (nSPS) is 9.79. The van der Waals surface area contributed by atoms with Gasteiger partial charge in [0.2, 0.25) is 0 Å². The van der Waals surface area contributed by atoms with Gasteiger partial charge in [-0.15, -0.1) is 6.58 Å². The number of allylic oxidation sites excluding steroid dienone is 1. The highest BCUT2D eigenvalue weighted by Crippen LogP contribution is 2.32.